The highest BCUT2D eigenvalue weighted by Gasteiger charge is 2.22. The quantitative estimate of drug-likeness (QED) is 0.893. The van der Waals surface area contributed by atoms with Gasteiger partial charge >= 0.3 is 0 Å². The molecule has 1 saturated heterocycles. The van der Waals surface area contributed by atoms with Gasteiger partial charge < -0.3 is 5.32 Å². The van der Waals surface area contributed by atoms with Crippen molar-refractivity contribution in [2.75, 3.05) is 5.75 Å². The highest BCUT2D eigenvalue weighted by atomic mass is 35.5. The zero-order valence-electron chi connectivity index (χ0n) is 7.64. The minimum absolute atomic E-state index is 0.0618. The fourth-order valence-corrected chi connectivity index (χ4v) is 4.31. The fourth-order valence-electron chi connectivity index (χ4n) is 0.965. The lowest BCUT2D eigenvalue weighted by Gasteiger charge is -1.95. The van der Waals surface area contributed by atoms with Gasteiger partial charge in [-0.15, -0.1) is 15.7 Å². The molecule has 0 radical (unpaired) electrons. The van der Waals surface area contributed by atoms with Crippen LogP contribution in [-0.4, -0.2) is 25.2 Å². The molecule has 0 aliphatic carbocycles. The van der Waals surface area contributed by atoms with E-state index in [0.717, 1.165) is 23.1 Å². The molecular weight excluding hydrogens is 292 g/mol. The maximum atomic E-state index is 11.7. The summed E-state index contributed by atoms with van der Waals surface area (Å²) in [4.78, 5) is 10.9. The monoisotopic (exact) mass is 296 g/mol. The van der Waals surface area contributed by atoms with Crippen LogP contribution < -0.4 is 5.32 Å². The van der Waals surface area contributed by atoms with Crippen LogP contribution in [0.1, 0.15) is 0 Å². The number of rotatable bonds is 2. The van der Waals surface area contributed by atoms with Gasteiger partial charge in [-0.3, -0.25) is 4.79 Å². The molecule has 2 heterocycles. The Morgan fingerprint density at radius 2 is 2.19 bits per heavy atom. The molecule has 1 fully saturated rings. The standard InChI is InChI=1S/C7H5ClN2O3S3/c8-4-1-2-6(15-4)16(12,13)10-7-9-5(11)3-14-7/h1-2H,3H2,(H,9,10,11). The molecule has 0 bridgehead atoms. The lowest BCUT2D eigenvalue weighted by Crippen LogP contribution is -2.21. The maximum absolute atomic E-state index is 11.7. The van der Waals surface area contributed by atoms with Crippen molar-refractivity contribution in [1.82, 2.24) is 5.32 Å². The molecule has 0 aromatic carbocycles. The lowest BCUT2D eigenvalue weighted by atomic mass is 10.7. The average Bonchev–Trinajstić information content (AvgIpc) is 2.75. The molecule has 0 spiro atoms. The number of nitrogens with one attached hydrogen (secondary N) is 1. The van der Waals surface area contributed by atoms with Crippen LogP contribution in [0.4, 0.5) is 0 Å². The molecule has 5 nitrogen and oxygen atoms in total. The van der Waals surface area contributed by atoms with E-state index in [1.54, 1.807) is 0 Å². The Bertz CT molecular complexity index is 563. The van der Waals surface area contributed by atoms with Crippen LogP contribution in [0.5, 0.6) is 0 Å². The summed E-state index contributed by atoms with van der Waals surface area (Å²) in [5.41, 5.74) is 0. The Kier molecular flexibility index (Phi) is 3.24. The van der Waals surface area contributed by atoms with Gasteiger partial charge in [0.25, 0.3) is 10.0 Å². The summed E-state index contributed by atoms with van der Waals surface area (Å²) in [6.45, 7) is 0. The number of thioether (sulfide) groups is 1. The molecule has 1 aliphatic rings. The summed E-state index contributed by atoms with van der Waals surface area (Å²) in [7, 11) is -3.76. The minimum atomic E-state index is -3.76. The first-order valence-electron chi connectivity index (χ1n) is 4.00. The van der Waals surface area contributed by atoms with E-state index in [2.05, 4.69) is 9.71 Å². The number of carbonyl (C=O) groups excluding carboxylic acids is 1. The van der Waals surface area contributed by atoms with Crippen LogP contribution in [-0.2, 0) is 14.8 Å². The normalized spacial score (nSPS) is 19.1. The second-order valence-corrected chi connectivity index (χ2v) is 7.28. The second-order valence-electron chi connectivity index (χ2n) is 2.77. The lowest BCUT2D eigenvalue weighted by molar-refractivity contribution is -0.116. The number of sulfonamides is 1. The SMILES string of the molecule is O=C1CS/C(=N/S(=O)(=O)c2ccc(Cl)s2)N1. The molecule has 1 aromatic heterocycles. The number of thiophene rings is 1. The third kappa shape index (κ3) is 2.57. The van der Waals surface area contributed by atoms with Gasteiger partial charge in [0, 0.05) is 0 Å². The first-order valence-corrected chi connectivity index (χ1v) is 7.62. The highest BCUT2D eigenvalue weighted by molar-refractivity contribution is 8.15. The molecule has 16 heavy (non-hydrogen) atoms. The Labute approximate surface area is 105 Å². The number of hydrogen-bond acceptors (Lipinski definition) is 5. The molecule has 1 aromatic rings. The number of nitrogens with zero attached hydrogens (tertiary/aromatic N) is 1. The second kappa shape index (κ2) is 4.36. The van der Waals surface area contributed by atoms with Gasteiger partial charge in [-0.1, -0.05) is 23.4 Å². The summed E-state index contributed by atoms with van der Waals surface area (Å²) in [5, 5.41) is 2.46. The van der Waals surface area contributed by atoms with Crippen molar-refractivity contribution in [1.29, 1.82) is 0 Å². The van der Waals surface area contributed by atoms with Crippen molar-refractivity contribution < 1.29 is 13.2 Å². The smallest absolute Gasteiger partial charge is 0.294 e. The number of hydrogen-bond donors (Lipinski definition) is 1. The fraction of sp³-hybridized carbons (Fsp3) is 0.143. The van der Waals surface area contributed by atoms with E-state index in [4.69, 9.17) is 11.6 Å². The predicted octanol–water partition coefficient (Wildman–Crippen LogP) is 1.31. The van der Waals surface area contributed by atoms with Gasteiger partial charge in [-0.25, -0.2) is 0 Å². The van der Waals surface area contributed by atoms with Crippen molar-refractivity contribution in [3.63, 3.8) is 0 Å². The Morgan fingerprint density at radius 3 is 2.69 bits per heavy atom. The molecule has 1 amide bonds. The van der Waals surface area contributed by atoms with E-state index in [0.29, 0.717) is 4.34 Å². The van der Waals surface area contributed by atoms with Crippen molar-refractivity contribution in [2.24, 2.45) is 4.40 Å². The number of amides is 1. The van der Waals surface area contributed by atoms with Gasteiger partial charge in [0.15, 0.2) is 5.17 Å². The van der Waals surface area contributed by atoms with Gasteiger partial charge in [0.05, 0.1) is 10.1 Å². The molecule has 2 rings (SSSR count). The molecular formula is C7H5ClN2O3S3. The first kappa shape index (κ1) is 11.9. The van der Waals surface area contributed by atoms with Crippen LogP contribution in [0.15, 0.2) is 20.7 Å². The van der Waals surface area contributed by atoms with Crippen molar-refractivity contribution in [2.45, 2.75) is 4.21 Å². The molecule has 0 saturated carbocycles. The summed E-state index contributed by atoms with van der Waals surface area (Å²) >= 11 is 7.62. The molecule has 0 atom stereocenters. The summed E-state index contributed by atoms with van der Waals surface area (Å²) in [5.74, 6) is -0.0531. The van der Waals surface area contributed by atoms with E-state index in [1.165, 1.54) is 12.1 Å². The van der Waals surface area contributed by atoms with E-state index < -0.39 is 10.0 Å². The molecule has 0 unspecified atom stereocenters. The largest absolute Gasteiger partial charge is 0.304 e. The summed E-state index contributed by atoms with van der Waals surface area (Å²) in [6.07, 6.45) is 0. The van der Waals surface area contributed by atoms with Crippen LogP contribution in [0, 0.1) is 0 Å². The number of carbonyl (C=O) groups is 1. The topological polar surface area (TPSA) is 75.6 Å². The van der Waals surface area contributed by atoms with Crippen molar-refractivity contribution in [3.8, 4) is 0 Å². The van der Waals surface area contributed by atoms with Crippen LogP contribution in [0.2, 0.25) is 4.34 Å². The van der Waals surface area contributed by atoms with E-state index in [-0.39, 0.29) is 21.0 Å². The van der Waals surface area contributed by atoms with E-state index in [1.807, 2.05) is 0 Å². The zero-order chi connectivity index (χ0) is 11.8. The highest BCUT2D eigenvalue weighted by Crippen LogP contribution is 2.27. The molecule has 9 heteroatoms. The Morgan fingerprint density at radius 1 is 1.44 bits per heavy atom. The van der Waals surface area contributed by atoms with Crippen LogP contribution >= 0.6 is 34.7 Å². The third-order valence-electron chi connectivity index (χ3n) is 1.59. The Balaban J connectivity index is 2.30. The average molecular weight is 297 g/mol. The van der Waals surface area contributed by atoms with Gasteiger partial charge in [-0.05, 0) is 12.1 Å². The molecule has 1 N–H and O–H groups in total. The van der Waals surface area contributed by atoms with Crippen molar-refractivity contribution in [3.05, 3.63) is 16.5 Å². The Hall–Kier alpha value is -0.570. The van der Waals surface area contributed by atoms with Gasteiger partial charge in [0.2, 0.25) is 5.91 Å². The third-order valence-corrected chi connectivity index (χ3v) is 5.56. The van der Waals surface area contributed by atoms with Crippen LogP contribution in [0.25, 0.3) is 0 Å². The van der Waals surface area contributed by atoms with E-state index >= 15 is 0 Å². The minimum Gasteiger partial charge on any atom is -0.304 e. The molecule has 1 aliphatic heterocycles. The maximum Gasteiger partial charge on any atom is 0.294 e. The molecule has 86 valence electrons. The summed E-state index contributed by atoms with van der Waals surface area (Å²) < 4.78 is 27.4. The number of amidine groups is 1. The first-order chi connectivity index (χ1) is 7.47. The van der Waals surface area contributed by atoms with E-state index in [9.17, 15) is 13.2 Å². The zero-order valence-corrected chi connectivity index (χ0v) is 10.8. The summed E-state index contributed by atoms with van der Waals surface area (Å²) in [6, 6.07) is 2.87. The number of halogens is 1. The van der Waals surface area contributed by atoms with Gasteiger partial charge in [-0.2, -0.15) is 8.42 Å². The van der Waals surface area contributed by atoms with Crippen LogP contribution in [0.3, 0.4) is 0 Å². The van der Waals surface area contributed by atoms with Crippen molar-refractivity contribution >= 4 is 55.8 Å². The predicted molar refractivity (Wildman–Crippen MR) is 64.6 cm³/mol. The van der Waals surface area contributed by atoms with Gasteiger partial charge in [0.1, 0.15) is 4.21 Å².